The van der Waals surface area contributed by atoms with Crippen LogP contribution in [0, 0.1) is 0 Å². The number of fused-ring (bicyclic) bond motifs is 4. The van der Waals surface area contributed by atoms with Crippen molar-refractivity contribution in [1.82, 2.24) is 4.57 Å². The Morgan fingerprint density at radius 1 is 0.458 bits per heavy atom. The zero-order chi connectivity index (χ0) is 31.8. The molecule has 4 heteroatoms. The minimum Gasteiger partial charge on any atom is -0.310 e. The molecular weight excluding hydrogens is 601 g/mol. The van der Waals surface area contributed by atoms with Gasteiger partial charge in [-0.2, -0.15) is 0 Å². The van der Waals surface area contributed by atoms with Gasteiger partial charge in [-0.05, 0) is 62.5 Å². The third-order valence-electron chi connectivity index (χ3n) is 10.0. The first-order chi connectivity index (χ1) is 23.8. The van der Waals surface area contributed by atoms with Crippen LogP contribution in [0.3, 0.4) is 0 Å². The first kappa shape index (κ1) is 27.4. The number of aromatic nitrogens is 1. The maximum absolute atomic E-state index is 15.0. The molecule has 8 aromatic rings. The van der Waals surface area contributed by atoms with E-state index in [1.54, 1.807) is 0 Å². The van der Waals surface area contributed by atoms with E-state index in [0.29, 0.717) is 0 Å². The van der Waals surface area contributed by atoms with Crippen molar-refractivity contribution in [3.8, 4) is 50.3 Å². The third-order valence-corrected chi connectivity index (χ3v) is 11.5. The molecule has 2 aliphatic heterocycles. The lowest BCUT2D eigenvalue weighted by Gasteiger charge is -2.34. The summed E-state index contributed by atoms with van der Waals surface area (Å²) in [6.45, 7) is -0.0457. The fourth-order valence-corrected chi connectivity index (χ4v) is 9.51. The fourth-order valence-electron chi connectivity index (χ4n) is 7.98. The molecule has 1 aromatic heterocycles. The molecule has 1 atom stereocenters. The summed E-state index contributed by atoms with van der Waals surface area (Å²) in [6.07, 6.45) is 0. The molecular formula is C44H28BNOS. The van der Waals surface area contributed by atoms with Crippen LogP contribution < -0.4 is 16.4 Å². The van der Waals surface area contributed by atoms with Crippen molar-refractivity contribution in [2.75, 3.05) is 0 Å². The number of para-hydroxylation sites is 1. The Bertz CT molecular complexity index is 2560. The van der Waals surface area contributed by atoms with Gasteiger partial charge in [-0.15, -0.1) is 0 Å². The first-order valence-corrected chi connectivity index (χ1v) is 17.5. The highest BCUT2D eigenvalue weighted by Gasteiger charge is 2.42. The summed E-state index contributed by atoms with van der Waals surface area (Å²) in [4.78, 5) is 1.79. The number of benzene rings is 7. The summed E-state index contributed by atoms with van der Waals surface area (Å²) < 4.78 is 17.4. The van der Waals surface area contributed by atoms with E-state index in [4.69, 9.17) is 0 Å². The third kappa shape index (κ3) is 3.96. The Labute approximate surface area is 282 Å². The highest BCUT2D eigenvalue weighted by Crippen LogP contribution is 2.45. The largest absolute Gasteiger partial charge is 0.310 e. The van der Waals surface area contributed by atoms with E-state index in [1.165, 1.54) is 27.5 Å². The van der Waals surface area contributed by atoms with Crippen molar-refractivity contribution >= 4 is 44.8 Å². The van der Waals surface area contributed by atoms with Gasteiger partial charge in [0.25, 0.3) is 0 Å². The lowest BCUT2D eigenvalue weighted by molar-refractivity contribution is 0.683. The zero-order valence-corrected chi connectivity index (χ0v) is 26.8. The van der Waals surface area contributed by atoms with E-state index in [1.807, 2.05) is 12.1 Å². The SMILES string of the molecule is O=S1c2cc(-c3ccccc3)ccc2B2c3c(cc(-c4ccccc4)cc31)-n1c(-c3ccccc3)c(-c3ccccc3)c3cccc2c31. The minimum atomic E-state index is -1.38. The summed E-state index contributed by atoms with van der Waals surface area (Å²) >= 11 is 0. The smallest absolute Gasteiger partial charge is 0.249 e. The molecule has 2 aliphatic rings. The lowest BCUT2D eigenvalue weighted by atomic mass is 9.35. The van der Waals surface area contributed by atoms with Crippen LogP contribution in [0.15, 0.2) is 180 Å². The Kier molecular flexibility index (Phi) is 6.09. The molecule has 1 unspecified atom stereocenters. The molecule has 0 amide bonds. The summed E-state index contributed by atoms with van der Waals surface area (Å²) in [5.74, 6) is 0. The van der Waals surface area contributed by atoms with Crippen LogP contribution in [-0.2, 0) is 10.8 Å². The number of hydrogen-bond donors (Lipinski definition) is 0. The summed E-state index contributed by atoms with van der Waals surface area (Å²) in [5, 5.41) is 1.23. The fraction of sp³-hybridized carbons (Fsp3) is 0. The van der Waals surface area contributed by atoms with Crippen molar-refractivity contribution in [2.45, 2.75) is 9.79 Å². The van der Waals surface area contributed by atoms with Crippen molar-refractivity contribution in [3.63, 3.8) is 0 Å². The first-order valence-electron chi connectivity index (χ1n) is 16.4. The maximum Gasteiger partial charge on any atom is 0.249 e. The molecule has 224 valence electrons. The molecule has 3 heterocycles. The van der Waals surface area contributed by atoms with E-state index in [0.717, 1.165) is 59.9 Å². The average molecular weight is 630 g/mol. The van der Waals surface area contributed by atoms with Crippen LogP contribution in [0.4, 0.5) is 0 Å². The average Bonchev–Trinajstić information content (AvgIpc) is 3.52. The Balaban J connectivity index is 1.36. The highest BCUT2D eigenvalue weighted by molar-refractivity contribution is 7.86. The van der Waals surface area contributed by atoms with Gasteiger partial charge in [-0.1, -0.05) is 157 Å². The summed E-state index contributed by atoms with van der Waals surface area (Å²) in [6, 6.07) is 60.3. The quantitative estimate of drug-likeness (QED) is 0.179. The zero-order valence-electron chi connectivity index (χ0n) is 26.0. The van der Waals surface area contributed by atoms with Crippen LogP contribution in [0.1, 0.15) is 0 Å². The Morgan fingerprint density at radius 3 is 1.71 bits per heavy atom. The molecule has 0 bridgehead atoms. The Morgan fingerprint density at radius 2 is 1.04 bits per heavy atom. The topological polar surface area (TPSA) is 22.0 Å². The minimum absolute atomic E-state index is 0.0457. The molecule has 7 aromatic carbocycles. The van der Waals surface area contributed by atoms with Crippen LogP contribution in [0.2, 0.25) is 0 Å². The van der Waals surface area contributed by atoms with E-state index < -0.39 is 10.8 Å². The second kappa shape index (κ2) is 10.7. The maximum atomic E-state index is 15.0. The molecule has 48 heavy (non-hydrogen) atoms. The summed E-state index contributed by atoms with van der Waals surface area (Å²) in [7, 11) is -1.38. The van der Waals surface area contributed by atoms with Crippen molar-refractivity contribution < 1.29 is 4.21 Å². The van der Waals surface area contributed by atoms with Gasteiger partial charge in [0.15, 0.2) is 0 Å². The van der Waals surface area contributed by atoms with Crippen LogP contribution in [0.5, 0.6) is 0 Å². The van der Waals surface area contributed by atoms with Gasteiger partial charge in [0.2, 0.25) is 6.71 Å². The molecule has 0 saturated heterocycles. The molecule has 10 rings (SSSR count). The number of nitrogens with zero attached hydrogens (tertiary/aromatic N) is 1. The molecule has 0 spiro atoms. The lowest BCUT2D eigenvalue weighted by Crippen LogP contribution is -2.60. The van der Waals surface area contributed by atoms with Crippen LogP contribution in [0.25, 0.3) is 61.2 Å². The second-order valence-corrected chi connectivity index (χ2v) is 14.0. The van der Waals surface area contributed by atoms with E-state index in [-0.39, 0.29) is 6.71 Å². The molecule has 2 nitrogen and oxygen atoms in total. The van der Waals surface area contributed by atoms with Gasteiger partial charge in [-0.25, -0.2) is 4.21 Å². The normalized spacial score (nSPS) is 14.1. The molecule has 0 aliphatic carbocycles. The predicted octanol–water partition coefficient (Wildman–Crippen LogP) is 8.61. The number of rotatable bonds is 4. The highest BCUT2D eigenvalue weighted by atomic mass is 32.2. The van der Waals surface area contributed by atoms with Gasteiger partial charge < -0.3 is 4.57 Å². The van der Waals surface area contributed by atoms with Gasteiger partial charge >= 0.3 is 0 Å². The van der Waals surface area contributed by atoms with Crippen molar-refractivity contribution in [3.05, 3.63) is 170 Å². The van der Waals surface area contributed by atoms with Gasteiger partial charge in [0.05, 0.1) is 16.5 Å². The predicted molar refractivity (Wildman–Crippen MR) is 201 cm³/mol. The van der Waals surface area contributed by atoms with Crippen LogP contribution >= 0.6 is 0 Å². The van der Waals surface area contributed by atoms with Gasteiger partial charge in [-0.3, -0.25) is 0 Å². The van der Waals surface area contributed by atoms with Crippen molar-refractivity contribution in [2.24, 2.45) is 0 Å². The molecule has 0 fully saturated rings. The number of hydrogen-bond acceptors (Lipinski definition) is 1. The van der Waals surface area contributed by atoms with Gasteiger partial charge in [0, 0.05) is 31.9 Å². The van der Waals surface area contributed by atoms with Crippen LogP contribution in [-0.4, -0.2) is 15.5 Å². The van der Waals surface area contributed by atoms with Gasteiger partial charge in [0.1, 0.15) is 0 Å². The standard InChI is InChI=1S/C44H28BNOS/c47-48-39-27-33(29-14-5-1-6-15-29)24-25-36(39)45-37-23-13-22-35-41(31-18-9-3-10-19-31)43(32-20-11-4-12-21-32)46(44(35)37)38-26-34(28-40(48)42(38)45)30-16-7-2-8-17-30/h1-28H. The molecule has 0 radical (unpaired) electrons. The molecule has 0 N–H and O–H groups in total. The second-order valence-electron chi connectivity index (χ2n) is 12.6. The van der Waals surface area contributed by atoms with Crippen molar-refractivity contribution in [1.29, 1.82) is 0 Å². The summed E-state index contributed by atoms with van der Waals surface area (Å²) in [5.41, 5.74) is 14.9. The monoisotopic (exact) mass is 629 g/mol. The molecule has 0 saturated carbocycles. The Hall–Kier alpha value is -5.71. The van der Waals surface area contributed by atoms with E-state index in [2.05, 4.69) is 162 Å². The van der Waals surface area contributed by atoms with E-state index in [9.17, 15) is 4.21 Å². The van der Waals surface area contributed by atoms with E-state index >= 15 is 0 Å².